The predicted octanol–water partition coefficient (Wildman–Crippen LogP) is 20.7. The van der Waals surface area contributed by atoms with Crippen LogP contribution in [0.25, 0.3) is 56.0 Å². The Hall–Kier alpha value is -3.00. The monoisotopic (exact) mass is 1030 g/mol. The molecule has 355 valence electrons. The number of allylic oxidation sites excluding steroid dienone is 2. The molecule has 0 radical (unpaired) electrons. The third-order valence-corrected chi connectivity index (χ3v) is 70.5. The van der Waals surface area contributed by atoms with Crippen LogP contribution in [0.4, 0.5) is 0 Å². The standard InChI is InChI=1S/2C31H35.C2H7Si.2ClH.Zr/c2*1-2-31(19-9-5-3-4-6-10-20-31)23-24-21-26-15-12-18-29(30(26)22-24)28-17-11-14-25-13-7-8-16-27(25)28;1-3-2;;;/h2*7-8,11-18,21-22H,2-6,9-10,19-20,23H2,1H3;3H,1-2H3;2*1H;/q;;;;;+2/p-2. The Labute approximate surface area is 419 Å². The fourth-order valence-electron chi connectivity index (χ4n) is 14.6. The molecule has 0 saturated heterocycles. The molecule has 2 unspecified atom stereocenters. The van der Waals surface area contributed by atoms with Crippen molar-refractivity contribution in [3.63, 3.8) is 0 Å². The van der Waals surface area contributed by atoms with Crippen LogP contribution in [-0.4, -0.2) is 5.92 Å². The van der Waals surface area contributed by atoms with Gasteiger partial charge in [-0.25, -0.2) is 0 Å². The second-order valence-electron chi connectivity index (χ2n) is 22.7. The van der Waals surface area contributed by atoms with Crippen LogP contribution in [-0.2, 0) is 15.6 Å². The molecule has 4 aliphatic carbocycles. The molecule has 6 aromatic carbocycles. The van der Waals surface area contributed by atoms with Gasteiger partial charge in [0.2, 0.25) is 0 Å². The maximum absolute atomic E-state index is 9.51. The molecule has 2 fully saturated rings. The molecule has 0 spiro atoms. The van der Waals surface area contributed by atoms with E-state index in [-0.39, 0.29) is 18.1 Å². The quantitative estimate of drug-likeness (QED) is 0.113. The first kappa shape index (κ1) is 48.6. The van der Waals surface area contributed by atoms with E-state index in [1.807, 2.05) is 0 Å². The molecule has 4 heteroatoms. The summed E-state index contributed by atoms with van der Waals surface area (Å²) in [6, 6.07) is 46.2. The van der Waals surface area contributed by atoms with E-state index >= 15 is 0 Å². The fourth-order valence-corrected chi connectivity index (χ4v) is 45.9. The first-order valence-corrected chi connectivity index (χ1v) is 43.6. The molecule has 0 aromatic heterocycles. The van der Waals surface area contributed by atoms with Crippen LogP contribution in [0.2, 0.25) is 13.1 Å². The Balaban J connectivity index is 1.22. The van der Waals surface area contributed by atoms with E-state index in [1.54, 1.807) is 11.1 Å². The van der Waals surface area contributed by atoms with E-state index in [4.69, 9.17) is 0 Å². The third kappa shape index (κ3) is 8.90. The van der Waals surface area contributed by atoms with Gasteiger partial charge in [-0.2, -0.15) is 0 Å². The minimum atomic E-state index is -5.28. The molecule has 68 heavy (non-hydrogen) atoms. The normalized spacial score (nSPS) is 21.5. The van der Waals surface area contributed by atoms with Crippen LogP contribution in [0, 0.1) is 10.8 Å². The summed E-state index contributed by atoms with van der Waals surface area (Å²) in [6.45, 7) is 10.2. The van der Waals surface area contributed by atoms with Crippen LogP contribution in [0.5, 0.6) is 0 Å². The molecule has 0 heterocycles. The molecule has 0 aliphatic heterocycles. The van der Waals surface area contributed by atoms with Gasteiger partial charge in [-0.15, -0.1) is 0 Å². The molecule has 6 aromatic rings. The summed E-state index contributed by atoms with van der Waals surface area (Å²) in [5, 5.41) is 5.22. The van der Waals surface area contributed by atoms with Crippen molar-refractivity contribution in [2.24, 2.45) is 10.8 Å². The molecule has 10 rings (SSSR count). The molecule has 0 N–H and O–H groups in total. The Morgan fingerprint density at radius 3 is 1.16 bits per heavy atom. The van der Waals surface area contributed by atoms with Gasteiger partial charge in [0.25, 0.3) is 0 Å². The van der Waals surface area contributed by atoms with E-state index in [0.29, 0.717) is 0 Å². The number of fused-ring (bicyclic) bond motifs is 4. The van der Waals surface area contributed by atoms with Crippen molar-refractivity contribution in [1.82, 2.24) is 0 Å². The summed E-state index contributed by atoms with van der Waals surface area (Å²) in [6.07, 6.45) is 31.5. The number of rotatable bonds is 11. The molecule has 0 bridgehead atoms. The van der Waals surface area contributed by atoms with Gasteiger partial charge < -0.3 is 0 Å². The van der Waals surface area contributed by atoms with Crippen LogP contribution in [0.3, 0.4) is 0 Å². The first-order chi connectivity index (χ1) is 33.1. The summed E-state index contributed by atoms with van der Waals surface area (Å²) in [7, 11) is 19.0. The zero-order chi connectivity index (χ0) is 47.0. The van der Waals surface area contributed by atoms with Gasteiger partial charge in [0, 0.05) is 0 Å². The van der Waals surface area contributed by atoms with Crippen LogP contribution in [0.1, 0.15) is 172 Å². The second-order valence-corrected chi connectivity index (χ2v) is 65.2. The number of benzene rings is 6. The van der Waals surface area contributed by atoms with Gasteiger partial charge in [0.05, 0.1) is 0 Å². The van der Waals surface area contributed by atoms with E-state index in [0.717, 1.165) is 12.8 Å². The van der Waals surface area contributed by atoms with Gasteiger partial charge in [-0.3, -0.25) is 0 Å². The van der Waals surface area contributed by atoms with Crippen molar-refractivity contribution >= 4 is 56.6 Å². The first-order valence-electron chi connectivity index (χ1n) is 27.3. The van der Waals surface area contributed by atoms with Crippen LogP contribution < -0.4 is 0 Å². The summed E-state index contributed by atoms with van der Waals surface area (Å²) in [4.78, 5) is 0. The van der Waals surface area contributed by atoms with Crippen molar-refractivity contribution in [2.75, 3.05) is 0 Å². The van der Waals surface area contributed by atoms with Crippen molar-refractivity contribution in [3.05, 3.63) is 155 Å². The number of halogens is 2. The second kappa shape index (κ2) is 20.2. The van der Waals surface area contributed by atoms with Gasteiger partial charge in [-0.05, 0) is 0 Å². The van der Waals surface area contributed by atoms with Gasteiger partial charge in [-0.1, -0.05) is 0 Å². The van der Waals surface area contributed by atoms with Crippen LogP contribution in [0.15, 0.2) is 132 Å². The summed E-state index contributed by atoms with van der Waals surface area (Å²) >= 11 is -5.28. The maximum atomic E-state index is 9.51. The van der Waals surface area contributed by atoms with Gasteiger partial charge >= 0.3 is 423 Å². The van der Waals surface area contributed by atoms with E-state index in [9.17, 15) is 17.0 Å². The van der Waals surface area contributed by atoms with Crippen molar-refractivity contribution in [3.8, 4) is 22.3 Å². The molecular weight excluding hydrogens is 959 g/mol. The van der Waals surface area contributed by atoms with E-state index in [2.05, 4.69) is 160 Å². The van der Waals surface area contributed by atoms with Crippen molar-refractivity contribution in [2.45, 2.75) is 163 Å². The SMILES string of the molecule is CCC1(CC2=Cc3c(-c4cccc5ccccc45)cccc3[CH]2[Zr]([Cl])([Cl])([CH]2C(CC3(CC)CCCCCCCC3)=Cc3c(-c4cccc5ccccc45)cccc32)[SiH](C)C)CCCCCCCC1. The number of hydrogen-bond acceptors (Lipinski definition) is 0. The van der Waals surface area contributed by atoms with E-state index in [1.165, 1.54) is 182 Å². The Kier molecular flexibility index (Phi) is 14.5. The number of hydrogen-bond donors (Lipinski definition) is 0. The average molecular weight is 1040 g/mol. The van der Waals surface area contributed by atoms with Gasteiger partial charge in [0.15, 0.2) is 0 Å². The molecule has 0 amide bonds. The third-order valence-electron chi connectivity index (χ3n) is 18.7. The van der Waals surface area contributed by atoms with Crippen LogP contribution >= 0.6 is 17.0 Å². The fraction of sp³-hybridized carbons (Fsp3) is 0.438. The van der Waals surface area contributed by atoms with Gasteiger partial charge in [0.1, 0.15) is 0 Å². The topological polar surface area (TPSA) is 0 Å². The predicted molar refractivity (Wildman–Crippen MR) is 299 cm³/mol. The molecular formula is C64H77Cl2SiZr. The molecule has 2 atom stereocenters. The Morgan fingerprint density at radius 1 is 0.441 bits per heavy atom. The molecule has 2 saturated carbocycles. The average Bonchev–Trinajstić information content (AvgIpc) is 3.99. The van der Waals surface area contributed by atoms with Crippen molar-refractivity contribution < 1.29 is 15.6 Å². The molecule has 0 nitrogen and oxygen atoms in total. The zero-order valence-electron chi connectivity index (χ0n) is 41.8. The summed E-state index contributed by atoms with van der Waals surface area (Å²) < 4.78 is 0.122. The minimum absolute atomic E-state index is 0.0612. The Bertz CT molecular complexity index is 2630. The van der Waals surface area contributed by atoms with E-state index < -0.39 is 21.5 Å². The Morgan fingerprint density at radius 2 is 0.779 bits per heavy atom. The van der Waals surface area contributed by atoms with Crippen molar-refractivity contribution in [1.29, 1.82) is 0 Å². The summed E-state index contributed by atoms with van der Waals surface area (Å²) in [5.74, 6) is -1.84. The molecule has 4 aliphatic rings. The summed E-state index contributed by atoms with van der Waals surface area (Å²) in [5.41, 5.74) is 14.6. The zero-order valence-corrected chi connectivity index (χ0v) is 47.0.